The summed E-state index contributed by atoms with van der Waals surface area (Å²) in [4.78, 5) is 19.0. The van der Waals surface area contributed by atoms with Crippen LogP contribution >= 0.6 is 0 Å². The first-order valence-electron chi connectivity index (χ1n) is 8.18. The van der Waals surface area contributed by atoms with Crippen molar-refractivity contribution in [1.82, 2.24) is 24.6 Å². The topological polar surface area (TPSA) is 63.9 Å². The van der Waals surface area contributed by atoms with E-state index in [-0.39, 0.29) is 11.8 Å². The number of piperidine rings is 1. The van der Waals surface area contributed by atoms with Gasteiger partial charge in [0, 0.05) is 36.9 Å². The van der Waals surface area contributed by atoms with E-state index in [2.05, 4.69) is 33.6 Å². The molecule has 1 atom stereocenters. The molecule has 6 nitrogen and oxygen atoms in total. The molecule has 1 fully saturated rings. The molecule has 1 unspecified atom stereocenters. The molecular formula is C17H23N5O. The summed E-state index contributed by atoms with van der Waals surface area (Å²) in [6, 6.07) is 3.99. The Morgan fingerprint density at radius 2 is 2.22 bits per heavy atom. The third-order valence-electron chi connectivity index (χ3n) is 4.47. The lowest BCUT2D eigenvalue weighted by atomic mass is 9.96. The standard InChI is InChI=1S/C17H23N5O/c1-12(2)22-11-19-20-16(22)14-6-5-9-21(10-14)17(23)15-7-4-8-18-13(15)3/h4,7-8,11-12,14H,5-6,9-10H2,1-3H3. The molecule has 2 aromatic heterocycles. The van der Waals surface area contributed by atoms with Gasteiger partial charge in [-0.05, 0) is 45.7 Å². The number of pyridine rings is 1. The van der Waals surface area contributed by atoms with Crippen molar-refractivity contribution in [2.45, 2.75) is 45.6 Å². The molecule has 0 aromatic carbocycles. The number of hydrogen-bond donors (Lipinski definition) is 0. The molecule has 3 rings (SSSR count). The largest absolute Gasteiger partial charge is 0.338 e. The van der Waals surface area contributed by atoms with Gasteiger partial charge in [-0.3, -0.25) is 9.78 Å². The van der Waals surface area contributed by atoms with Crippen LogP contribution in [-0.2, 0) is 0 Å². The van der Waals surface area contributed by atoms with Gasteiger partial charge in [-0.2, -0.15) is 0 Å². The van der Waals surface area contributed by atoms with Crippen molar-refractivity contribution in [2.75, 3.05) is 13.1 Å². The number of hydrogen-bond acceptors (Lipinski definition) is 4. The predicted octanol–water partition coefficient (Wildman–Crippen LogP) is 2.58. The number of aromatic nitrogens is 4. The Morgan fingerprint density at radius 3 is 2.96 bits per heavy atom. The van der Waals surface area contributed by atoms with E-state index in [0.29, 0.717) is 18.2 Å². The van der Waals surface area contributed by atoms with Crippen molar-refractivity contribution in [3.05, 3.63) is 41.7 Å². The van der Waals surface area contributed by atoms with E-state index in [9.17, 15) is 4.79 Å². The third kappa shape index (κ3) is 3.11. The summed E-state index contributed by atoms with van der Waals surface area (Å²) in [5.41, 5.74) is 1.48. The fraction of sp³-hybridized carbons (Fsp3) is 0.529. The third-order valence-corrected chi connectivity index (χ3v) is 4.47. The Hall–Kier alpha value is -2.24. The maximum absolute atomic E-state index is 12.8. The molecule has 3 heterocycles. The number of nitrogens with zero attached hydrogens (tertiary/aromatic N) is 5. The zero-order chi connectivity index (χ0) is 16.4. The Labute approximate surface area is 136 Å². The lowest BCUT2D eigenvalue weighted by Crippen LogP contribution is -2.40. The second kappa shape index (κ2) is 6.48. The monoisotopic (exact) mass is 313 g/mol. The second-order valence-electron chi connectivity index (χ2n) is 6.42. The second-order valence-corrected chi connectivity index (χ2v) is 6.42. The quantitative estimate of drug-likeness (QED) is 0.873. The van der Waals surface area contributed by atoms with Crippen molar-refractivity contribution in [2.24, 2.45) is 0 Å². The molecule has 0 bridgehead atoms. The molecule has 1 saturated heterocycles. The van der Waals surface area contributed by atoms with Gasteiger partial charge in [0.1, 0.15) is 12.2 Å². The van der Waals surface area contributed by atoms with Gasteiger partial charge >= 0.3 is 0 Å². The zero-order valence-corrected chi connectivity index (χ0v) is 13.9. The number of carbonyl (C=O) groups excluding carboxylic acids is 1. The van der Waals surface area contributed by atoms with Crippen LogP contribution in [0.3, 0.4) is 0 Å². The molecule has 1 amide bonds. The average Bonchev–Trinajstić information content (AvgIpc) is 3.05. The molecule has 0 radical (unpaired) electrons. The fourth-order valence-electron chi connectivity index (χ4n) is 3.19. The highest BCUT2D eigenvalue weighted by atomic mass is 16.2. The van der Waals surface area contributed by atoms with Crippen LogP contribution in [0.1, 0.15) is 60.5 Å². The number of rotatable bonds is 3. The predicted molar refractivity (Wildman–Crippen MR) is 87.3 cm³/mol. The molecule has 0 spiro atoms. The van der Waals surface area contributed by atoms with Crippen LogP contribution in [0.15, 0.2) is 24.7 Å². The Balaban J connectivity index is 1.80. The van der Waals surface area contributed by atoms with Crippen LogP contribution in [0.25, 0.3) is 0 Å². The first kappa shape index (κ1) is 15.6. The van der Waals surface area contributed by atoms with Crippen molar-refractivity contribution in [3.63, 3.8) is 0 Å². The highest BCUT2D eigenvalue weighted by Gasteiger charge is 2.29. The average molecular weight is 313 g/mol. The molecule has 1 aliphatic rings. The maximum atomic E-state index is 12.8. The zero-order valence-electron chi connectivity index (χ0n) is 13.9. The van der Waals surface area contributed by atoms with Gasteiger partial charge in [-0.1, -0.05) is 0 Å². The van der Waals surface area contributed by atoms with E-state index in [1.807, 2.05) is 24.0 Å². The molecule has 122 valence electrons. The van der Waals surface area contributed by atoms with Crippen molar-refractivity contribution in [1.29, 1.82) is 0 Å². The Bertz CT molecular complexity index is 694. The van der Waals surface area contributed by atoms with Crippen LogP contribution in [0, 0.1) is 6.92 Å². The highest BCUT2D eigenvalue weighted by molar-refractivity contribution is 5.95. The summed E-state index contributed by atoms with van der Waals surface area (Å²) >= 11 is 0. The normalized spacial score (nSPS) is 18.4. The Kier molecular flexibility index (Phi) is 4.41. The first-order valence-corrected chi connectivity index (χ1v) is 8.18. The van der Waals surface area contributed by atoms with E-state index in [4.69, 9.17) is 0 Å². The van der Waals surface area contributed by atoms with Crippen LogP contribution < -0.4 is 0 Å². The molecular weight excluding hydrogens is 290 g/mol. The molecule has 0 aliphatic carbocycles. The smallest absolute Gasteiger partial charge is 0.255 e. The van der Waals surface area contributed by atoms with Gasteiger partial charge in [0.05, 0.1) is 5.56 Å². The molecule has 0 saturated carbocycles. The lowest BCUT2D eigenvalue weighted by molar-refractivity contribution is 0.0701. The van der Waals surface area contributed by atoms with Crippen LogP contribution in [0.2, 0.25) is 0 Å². The van der Waals surface area contributed by atoms with E-state index in [0.717, 1.165) is 30.9 Å². The van der Waals surface area contributed by atoms with Crippen LogP contribution in [-0.4, -0.2) is 43.6 Å². The van der Waals surface area contributed by atoms with Gasteiger partial charge in [-0.25, -0.2) is 0 Å². The molecule has 2 aromatic rings. The van der Waals surface area contributed by atoms with Crippen molar-refractivity contribution >= 4 is 5.91 Å². The maximum Gasteiger partial charge on any atom is 0.255 e. The summed E-state index contributed by atoms with van der Waals surface area (Å²) in [5, 5.41) is 8.37. The van der Waals surface area contributed by atoms with Gasteiger partial charge in [-0.15, -0.1) is 10.2 Å². The van der Waals surface area contributed by atoms with E-state index >= 15 is 0 Å². The minimum absolute atomic E-state index is 0.0657. The summed E-state index contributed by atoms with van der Waals surface area (Å²) in [5.74, 6) is 1.30. The number of amides is 1. The summed E-state index contributed by atoms with van der Waals surface area (Å²) in [6.45, 7) is 7.61. The number of likely N-dealkylation sites (tertiary alicyclic amines) is 1. The molecule has 23 heavy (non-hydrogen) atoms. The minimum Gasteiger partial charge on any atom is -0.338 e. The highest BCUT2D eigenvalue weighted by Crippen LogP contribution is 2.28. The van der Waals surface area contributed by atoms with Gasteiger partial charge in [0.15, 0.2) is 0 Å². The fourth-order valence-corrected chi connectivity index (χ4v) is 3.19. The Morgan fingerprint density at radius 1 is 1.39 bits per heavy atom. The molecule has 6 heteroatoms. The summed E-state index contributed by atoms with van der Waals surface area (Å²) < 4.78 is 2.11. The van der Waals surface area contributed by atoms with E-state index < -0.39 is 0 Å². The summed E-state index contributed by atoms with van der Waals surface area (Å²) in [6.07, 6.45) is 5.53. The minimum atomic E-state index is 0.0657. The van der Waals surface area contributed by atoms with Gasteiger partial charge in [0.2, 0.25) is 0 Å². The van der Waals surface area contributed by atoms with Gasteiger partial charge < -0.3 is 9.47 Å². The van der Waals surface area contributed by atoms with Crippen LogP contribution in [0.5, 0.6) is 0 Å². The van der Waals surface area contributed by atoms with Crippen molar-refractivity contribution < 1.29 is 4.79 Å². The SMILES string of the molecule is Cc1ncccc1C(=O)N1CCCC(c2nncn2C(C)C)C1. The summed E-state index contributed by atoms with van der Waals surface area (Å²) in [7, 11) is 0. The van der Waals surface area contributed by atoms with Crippen molar-refractivity contribution in [3.8, 4) is 0 Å². The van der Waals surface area contributed by atoms with E-state index in [1.54, 1.807) is 12.5 Å². The molecule has 0 N–H and O–H groups in total. The van der Waals surface area contributed by atoms with Crippen LogP contribution in [0.4, 0.5) is 0 Å². The van der Waals surface area contributed by atoms with E-state index in [1.165, 1.54) is 0 Å². The number of aryl methyl sites for hydroxylation is 1. The van der Waals surface area contributed by atoms with Gasteiger partial charge in [0.25, 0.3) is 5.91 Å². The first-order chi connectivity index (χ1) is 11.1. The lowest BCUT2D eigenvalue weighted by Gasteiger charge is -2.33. The number of carbonyl (C=O) groups is 1. The molecule has 1 aliphatic heterocycles.